The van der Waals surface area contributed by atoms with Crippen molar-refractivity contribution in [3.05, 3.63) is 65.2 Å². The zero-order valence-electron chi connectivity index (χ0n) is 15.7. The second kappa shape index (κ2) is 7.71. The molecule has 1 N–H and O–H groups in total. The fourth-order valence-corrected chi connectivity index (χ4v) is 3.99. The van der Waals surface area contributed by atoms with E-state index in [1.165, 1.54) is 0 Å². The molecule has 0 bridgehead atoms. The molecule has 27 heavy (non-hydrogen) atoms. The fourth-order valence-electron chi connectivity index (χ4n) is 3.99. The minimum Gasteiger partial charge on any atom is -0.370 e. The predicted octanol–water partition coefficient (Wildman–Crippen LogP) is 3.27. The highest BCUT2D eigenvalue weighted by molar-refractivity contribution is 6.00. The Labute approximate surface area is 160 Å². The van der Waals surface area contributed by atoms with Crippen LogP contribution >= 0.6 is 0 Å². The monoisotopic (exact) mass is 366 g/mol. The number of carbonyl (C=O) groups is 1. The normalized spacial score (nSPS) is 18.6. The van der Waals surface area contributed by atoms with E-state index in [4.69, 9.17) is 9.47 Å². The third-order valence-corrected chi connectivity index (χ3v) is 5.43. The van der Waals surface area contributed by atoms with Crippen molar-refractivity contribution in [2.24, 2.45) is 0 Å². The molecule has 0 unspecified atom stereocenters. The van der Waals surface area contributed by atoms with Gasteiger partial charge in [-0.2, -0.15) is 0 Å². The lowest BCUT2D eigenvalue weighted by Gasteiger charge is -2.39. The molecule has 2 aromatic rings. The van der Waals surface area contributed by atoms with E-state index in [1.54, 1.807) is 0 Å². The van der Waals surface area contributed by atoms with Gasteiger partial charge in [-0.05, 0) is 24.1 Å². The van der Waals surface area contributed by atoms with E-state index < -0.39 is 5.79 Å². The van der Waals surface area contributed by atoms with Gasteiger partial charge in [0.15, 0.2) is 5.79 Å². The standard InChI is InChI=1S/C22H26N2O3/c1-17-6-5-9-19(21(25)23-16-18-7-3-2-4-8-18)20(17)24-12-10-22(11-13-24)26-14-15-27-22/h2-9H,10-16H2,1H3,(H,23,25). The highest BCUT2D eigenvalue weighted by Crippen LogP contribution is 2.35. The maximum Gasteiger partial charge on any atom is 0.253 e. The van der Waals surface area contributed by atoms with Crippen molar-refractivity contribution in [2.75, 3.05) is 31.2 Å². The van der Waals surface area contributed by atoms with Crippen molar-refractivity contribution in [2.45, 2.75) is 32.1 Å². The highest BCUT2D eigenvalue weighted by atomic mass is 16.7. The largest absolute Gasteiger partial charge is 0.370 e. The highest BCUT2D eigenvalue weighted by Gasteiger charge is 2.40. The number of amides is 1. The molecule has 1 amide bonds. The second-order valence-electron chi connectivity index (χ2n) is 7.23. The summed E-state index contributed by atoms with van der Waals surface area (Å²) >= 11 is 0. The summed E-state index contributed by atoms with van der Waals surface area (Å²) in [5, 5.41) is 3.06. The van der Waals surface area contributed by atoms with Gasteiger partial charge < -0.3 is 19.7 Å². The molecule has 0 aliphatic carbocycles. The number of hydrogen-bond acceptors (Lipinski definition) is 4. The SMILES string of the molecule is Cc1cccc(C(=O)NCc2ccccc2)c1N1CCC2(CC1)OCCO2. The number of hydrogen-bond donors (Lipinski definition) is 1. The van der Waals surface area contributed by atoms with E-state index >= 15 is 0 Å². The number of aryl methyl sites for hydroxylation is 1. The number of nitrogens with one attached hydrogen (secondary N) is 1. The van der Waals surface area contributed by atoms with Crippen LogP contribution in [0.15, 0.2) is 48.5 Å². The lowest BCUT2D eigenvalue weighted by molar-refractivity contribution is -0.169. The maximum absolute atomic E-state index is 12.9. The van der Waals surface area contributed by atoms with Gasteiger partial charge in [0.1, 0.15) is 0 Å². The van der Waals surface area contributed by atoms with Crippen LogP contribution in [0.5, 0.6) is 0 Å². The Kier molecular flexibility index (Phi) is 5.14. The predicted molar refractivity (Wildman–Crippen MR) is 105 cm³/mol. The molecule has 142 valence electrons. The number of para-hydroxylation sites is 1. The lowest BCUT2D eigenvalue weighted by atomic mass is 9.99. The summed E-state index contributed by atoms with van der Waals surface area (Å²) in [6.07, 6.45) is 1.65. The summed E-state index contributed by atoms with van der Waals surface area (Å²) in [7, 11) is 0. The maximum atomic E-state index is 12.9. The van der Waals surface area contributed by atoms with Gasteiger partial charge in [-0.3, -0.25) is 4.79 Å². The van der Waals surface area contributed by atoms with E-state index in [1.807, 2.05) is 42.5 Å². The first-order valence-electron chi connectivity index (χ1n) is 9.61. The molecule has 2 saturated heterocycles. The molecule has 2 aliphatic heterocycles. The smallest absolute Gasteiger partial charge is 0.253 e. The summed E-state index contributed by atoms with van der Waals surface area (Å²) in [5.41, 5.74) is 3.97. The van der Waals surface area contributed by atoms with Gasteiger partial charge in [-0.15, -0.1) is 0 Å². The van der Waals surface area contributed by atoms with Crippen molar-refractivity contribution in [1.82, 2.24) is 5.32 Å². The molecule has 0 radical (unpaired) electrons. The number of nitrogens with zero attached hydrogens (tertiary/aromatic N) is 1. The average molecular weight is 366 g/mol. The summed E-state index contributed by atoms with van der Waals surface area (Å²) < 4.78 is 11.7. The van der Waals surface area contributed by atoms with Gasteiger partial charge in [-0.1, -0.05) is 42.5 Å². The number of anilines is 1. The number of ether oxygens (including phenoxy) is 2. The Balaban J connectivity index is 1.49. The quantitative estimate of drug-likeness (QED) is 0.902. The van der Waals surface area contributed by atoms with Gasteiger partial charge >= 0.3 is 0 Å². The zero-order chi connectivity index (χ0) is 18.7. The molecule has 0 aromatic heterocycles. The number of piperidine rings is 1. The zero-order valence-corrected chi connectivity index (χ0v) is 15.7. The van der Waals surface area contributed by atoms with Gasteiger partial charge in [0.2, 0.25) is 0 Å². The molecule has 0 atom stereocenters. The topological polar surface area (TPSA) is 50.8 Å². The molecular formula is C22H26N2O3. The molecule has 5 nitrogen and oxygen atoms in total. The third kappa shape index (κ3) is 3.84. The van der Waals surface area contributed by atoms with E-state index in [0.717, 1.165) is 48.3 Å². The van der Waals surface area contributed by atoms with Crippen LogP contribution in [0.25, 0.3) is 0 Å². The molecule has 2 fully saturated rings. The minimum absolute atomic E-state index is 0.0359. The van der Waals surface area contributed by atoms with Crippen LogP contribution < -0.4 is 10.2 Å². The molecule has 2 heterocycles. The first-order chi connectivity index (χ1) is 13.2. The first-order valence-corrected chi connectivity index (χ1v) is 9.61. The number of rotatable bonds is 4. The first kappa shape index (κ1) is 18.0. The van der Waals surface area contributed by atoms with E-state index in [2.05, 4.69) is 23.2 Å². The van der Waals surface area contributed by atoms with Gasteiger partial charge in [0.25, 0.3) is 5.91 Å². The fraction of sp³-hybridized carbons (Fsp3) is 0.409. The van der Waals surface area contributed by atoms with Crippen molar-refractivity contribution in [3.8, 4) is 0 Å². The van der Waals surface area contributed by atoms with Crippen molar-refractivity contribution < 1.29 is 14.3 Å². The Hall–Kier alpha value is -2.37. The molecule has 5 heteroatoms. The van der Waals surface area contributed by atoms with Gasteiger partial charge in [0.05, 0.1) is 24.5 Å². The van der Waals surface area contributed by atoms with Crippen LogP contribution in [0, 0.1) is 6.92 Å². The summed E-state index contributed by atoms with van der Waals surface area (Å²) in [4.78, 5) is 15.2. The van der Waals surface area contributed by atoms with Crippen LogP contribution in [0.1, 0.15) is 34.3 Å². The van der Waals surface area contributed by atoms with Crippen LogP contribution in [-0.4, -0.2) is 38.0 Å². The molecule has 0 saturated carbocycles. The second-order valence-corrected chi connectivity index (χ2v) is 7.23. The Morgan fingerprint density at radius 2 is 1.74 bits per heavy atom. The molecule has 4 rings (SSSR count). The lowest BCUT2D eigenvalue weighted by Crippen LogP contribution is -2.46. The third-order valence-electron chi connectivity index (χ3n) is 5.43. The Bertz CT molecular complexity index is 790. The van der Waals surface area contributed by atoms with E-state index in [0.29, 0.717) is 19.8 Å². The molecule has 1 spiro atoms. The van der Waals surface area contributed by atoms with Crippen LogP contribution in [0.2, 0.25) is 0 Å². The summed E-state index contributed by atoms with van der Waals surface area (Å²) in [6, 6.07) is 15.9. The van der Waals surface area contributed by atoms with Gasteiger partial charge in [0, 0.05) is 32.5 Å². The number of benzene rings is 2. The average Bonchev–Trinajstić information content (AvgIpc) is 3.16. The van der Waals surface area contributed by atoms with E-state index in [9.17, 15) is 4.79 Å². The van der Waals surface area contributed by atoms with Crippen molar-refractivity contribution in [1.29, 1.82) is 0 Å². The number of carbonyl (C=O) groups excluding carboxylic acids is 1. The van der Waals surface area contributed by atoms with Gasteiger partial charge in [-0.25, -0.2) is 0 Å². The molecule has 2 aliphatic rings. The van der Waals surface area contributed by atoms with Crippen molar-refractivity contribution in [3.63, 3.8) is 0 Å². The summed E-state index contributed by atoms with van der Waals surface area (Å²) in [6.45, 7) is 5.59. The van der Waals surface area contributed by atoms with E-state index in [-0.39, 0.29) is 5.91 Å². The van der Waals surface area contributed by atoms with Crippen LogP contribution in [0.3, 0.4) is 0 Å². The summed E-state index contributed by atoms with van der Waals surface area (Å²) in [5.74, 6) is -0.444. The van der Waals surface area contributed by atoms with Crippen molar-refractivity contribution >= 4 is 11.6 Å². The van der Waals surface area contributed by atoms with Crippen LogP contribution in [0.4, 0.5) is 5.69 Å². The molecular weight excluding hydrogens is 340 g/mol. The van der Waals surface area contributed by atoms with Crippen LogP contribution in [-0.2, 0) is 16.0 Å². The Morgan fingerprint density at radius 3 is 2.44 bits per heavy atom. The minimum atomic E-state index is -0.408. The Morgan fingerprint density at radius 1 is 1.04 bits per heavy atom. The molecule has 2 aromatic carbocycles.